The first-order valence-corrected chi connectivity index (χ1v) is 2.04. The van der Waals surface area contributed by atoms with Gasteiger partial charge in [0.15, 0.2) is 0 Å². The minimum absolute atomic E-state index is 0. The van der Waals surface area contributed by atoms with Crippen LogP contribution in [-0.4, -0.2) is 5.11 Å². The molecule has 39 valence electrons. The molecule has 0 aliphatic carbocycles. The van der Waals surface area contributed by atoms with Gasteiger partial charge in [0.2, 0.25) is 0 Å². The van der Waals surface area contributed by atoms with E-state index in [1.165, 1.54) is 0 Å². The number of rotatable bonds is 0. The molecule has 0 aromatic heterocycles. The van der Waals surface area contributed by atoms with Crippen LogP contribution in [0.15, 0.2) is 24.3 Å². The third-order valence-electron chi connectivity index (χ3n) is 0.701. The molecule has 0 bridgehead atoms. The third kappa shape index (κ3) is 2.27. The van der Waals surface area contributed by atoms with Gasteiger partial charge in [0.05, 0.1) is 0 Å². The van der Waals surface area contributed by atoms with Crippen molar-refractivity contribution in [1.29, 1.82) is 0 Å². The molecule has 2 heteroatoms. The quantitative estimate of drug-likeness (QED) is 0.642. The smallest absolute Gasteiger partial charge is 0.115 e. The second-order valence-electron chi connectivity index (χ2n) is 1.26. The van der Waals surface area contributed by atoms with Crippen LogP contribution >= 0.6 is 0 Å². The molecule has 0 heterocycles. The van der Waals surface area contributed by atoms with Gasteiger partial charge in [-0.05, 0) is 18.2 Å². The molecule has 0 aliphatic rings. The predicted molar refractivity (Wildman–Crippen MR) is 26.9 cm³/mol. The van der Waals surface area contributed by atoms with Crippen molar-refractivity contribution in [3.05, 3.63) is 30.3 Å². The summed E-state index contributed by atoms with van der Waals surface area (Å²) in [5, 5.41) is 8.61. The van der Waals surface area contributed by atoms with E-state index in [4.69, 9.17) is 5.11 Å². The summed E-state index contributed by atoms with van der Waals surface area (Å²) in [7, 11) is 0. The van der Waals surface area contributed by atoms with E-state index in [-0.39, 0.29) is 26.2 Å². The molecule has 0 saturated carbocycles. The van der Waals surface area contributed by atoms with E-state index in [1.54, 1.807) is 24.3 Å². The van der Waals surface area contributed by atoms with Gasteiger partial charge in [0.1, 0.15) is 5.75 Å². The zero-order valence-corrected chi connectivity index (χ0v) is 6.71. The van der Waals surface area contributed by atoms with Crippen molar-refractivity contribution in [3.63, 3.8) is 0 Å². The van der Waals surface area contributed by atoms with Gasteiger partial charge in [-0.25, -0.2) is 0 Å². The van der Waals surface area contributed by atoms with E-state index >= 15 is 0 Å². The van der Waals surface area contributed by atoms with E-state index in [1.807, 2.05) is 0 Å². The molecule has 1 nitrogen and oxygen atoms in total. The number of phenolic OH excluding ortho intramolecular Hbond substituents is 1. The maximum Gasteiger partial charge on any atom is 0.115 e. The number of aromatic hydroxyl groups is 1. The predicted octanol–water partition coefficient (Wildman–Crippen LogP) is 1.19. The standard InChI is InChI=1S/C6H5O.Zr/c7-6-4-2-1-3-5-6;/h2-5,7H;. The Hall–Kier alpha value is -0.0969. The number of hydrogen-bond donors (Lipinski definition) is 1. The van der Waals surface area contributed by atoms with E-state index < -0.39 is 0 Å². The van der Waals surface area contributed by atoms with Crippen molar-refractivity contribution in [2.45, 2.75) is 0 Å². The normalized spacial score (nSPS) is 7.50. The first kappa shape index (κ1) is 7.90. The molecule has 0 amide bonds. The molecular formula is C6H5OZr. The molecule has 1 radical (unpaired) electrons. The van der Waals surface area contributed by atoms with E-state index in [9.17, 15) is 0 Å². The van der Waals surface area contributed by atoms with Crippen molar-refractivity contribution in [1.82, 2.24) is 0 Å². The zero-order chi connectivity index (χ0) is 5.11. The second-order valence-corrected chi connectivity index (χ2v) is 1.26. The van der Waals surface area contributed by atoms with Crippen molar-refractivity contribution in [3.8, 4) is 5.75 Å². The van der Waals surface area contributed by atoms with Crippen LogP contribution in [0.1, 0.15) is 0 Å². The molecule has 1 N–H and O–H groups in total. The van der Waals surface area contributed by atoms with Crippen LogP contribution < -0.4 is 0 Å². The van der Waals surface area contributed by atoms with Crippen molar-refractivity contribution in [2.75, 3.05) is 0 Å². The van der Waals surface area contributed by atoms with Crippen LogP contribution in [0, 0.1) is 6.07 Å². The Kier molecular flexibility index (Phi) is 3.80. The second kappa shape index (κ2) is 3.85. The molecule has 0 fully saturated rings. The van der Waals surface area contributed by atoms with E-state index in [0.717, 1.165) is 0 Å². The van der Waals surface area contributed by atoms with Crippen molar-refractivity contribution < 1.29 is 31.3 Å². The average Bonchev–Trinajstić information content (AvgIpc) is 1.69. The first-order valence-electron chi connectivity index (χ1n) is 2.04. The van der Waals surface area contributed by atoms with Gasteiger partial charge in [-0.1, -0.05) is 12.1 Å². The molecule has 0 saturated heterocycles. The minimum atomic E-state index is 0. The van der Waals surface area contributed by atoms with Crippen LogP contribution in [-0.2, 0) is 26.2 Å². The summed E-state index contributed by atoms with van der Waals surface area (Å²) in [5.74, 6) is 0.291. The van der Waals surface area contributed by atoms with Crippen LogP contribution in [0.2, 0.25) is 0 Å². The summed E-state index contributed by atoms with van der Waals surface area (Å²) in [6, 6.07) is 9.26. The number of benzene rings is 1. The van der Waals surface area contributed by atoms with E-state index in [0.29, 0.717) is 5.75 Å². The van der Waals surface area contributed by atoms with E-state index in [2.05, 4.69) is 6.07 Å². The van der Waals surface area contributed by atoms with Gasteiger partial charge in [-0.2, -0.15) is 0 Å². The first-order chi connectivity index (χ1) is 3.39. The Morgan fingerprint density at radius 3 is 2.00 bits per heavy atom. The fraction of sp³-hybridized carbons (Fsp3) is 0. The maximum atomic E-state index is 8.61. The molecule has 0 spiro atoms. The van der Waals surface area contributed by atoms with Gasteiger partial charge in [-0.3, -0.25) is 0 Å². The summed E-state index contributed by atoms with van der Waals surface area (Å²) in [6.45, 7) is 0. The molecule has 8 heavy (non-hydrogen) atoms. The summed E-state index contributed by atoms with van der Waals surface area (Å²) in [4.78, 5) is 0. The molecule has 0 aliphatic heterocycles. The van der Waals surface area contributed by atoms with Crippen LogP contribution in [0.5, 0.6) is 5.75 Å². The molecule has 1 rings (SSSR count). The summed E-state index contributed by atoms with van der Waals surface area (Å²) in [6.07, 6.45) is 0. The van der Waals surface area contributed by atoms with Crippen LogP contribution in [0.4, 0.5) is 0 Å². The Balaban J connectivity index is 0.000000490. The fourth-order valence-corrected chi connectivity index (χ4v) is 0.378. The Morgan fingerprint density at radius 1 is 1.25 bits per heavy atom. The molecule has 1 aromatic rings. The van der Waals surface area contributed by atoms with Crippen LogP contribution in [0.25, 0.3) is 0 Å². The number of hydrogen-bond acceptors (Lipinski definition) is 1. The van der Waals surface area contributed by atoms with Gasteiger partial charge >= 0.3 is 0 Å². The largest absolute Gasteiger partial charge is 0.508 e. The topological polar surface area (TPSA) is 20.2 Å². The molecule has 1 aromatic carbocycles. The maximum absolute atomic E-state index is 8.61. The minimum Gasteiger partial charge on any atom is -0.508 e. The van der Waals surface area contributed by atoms with Gasteiger partial charge in [-0.15, -0.1) is 0 Å². The van der Waals surface area contributed by atoms with Crippen molar-refractivity contribution >= 4 is 0 Å². The number of phenols is 1. The summed E-state index contributed by atoms with van der Waals surface area (Å²) < 4.78 is 0. The van der Waals surface area contributed by atoms with Crippen LogP contribution in [0.3, 0.4) is 0 Å². The average molecular weight is 184 g/mol. The monoisotopic (exact) mass is 183 g/mol. The Morgan fingerprint density at radius 2 is 1.75 bits per heavy atom. The Bertz CT molecular complexity index is 138. The summed E-state index contributed by atoms with van der Waals surface area (Å²) >= 11 is 0. The Labute approximate surface area is 67.5 Å². The van der Waals surface area contributed by atoms with Gasteiger partial charge < -0.3 is 5.11 Å². The third-order valence-corrected chi connectivity index (χ3v) is 0.701. The fourth-order valence-electron chi connectivity index (χ4n) is 0.378. The van der Waals surface area contributed by atoms with Crippen molar-refractivity contribution in [2.24, 2.45) is 0 Å². The zero-order valence-electron chi connectivity index (χ0n) is 4.26. The van der Waals surface area contributed by atoms with Gasteiger partial charge in [0, 0.05) is 26.2 Å². The molecular weight excluding hydrogens is 179 g/mol. The molecule has 0 unspecified atom stereocenters. The summed E-state index contributed by atoms with van der Waals surface area (Å²) in [5.41, 5.74) is 0. The van der Waals surface area contributed by atoms with Gasteiger partial charge in [0.25, 0.3) is 0 Å². The molecule has 0 atom stereocenters. The SMILES string of the molecule is Oc1cc[c]cc1.[Zr].